The van der Waals surface area contributed by atoms with E-state index in [1.807, 2.05) is 26.8 Å². The first-order valence-corrected chi connectivity index (χ1v) is 13.5. The third kappa shape index (κ3) is 7.89. The Labute approximate surface area is 212 Å². The van der Waals surface area contributed by atoms with E-state index in [-0.39, 0.29) is 18.4 Å². The minimum Gasteiger partial charge on any atom is -0.354 e. The minimum absolute atomic E-state index is 0.0104. The zero-order valence-electron chi connectivity index (χ0n) is 20.0. The number of sulfonamides is 1. The molecule has 0 spiro atoms. The summed E-state index contributed by atoms with van der Waals surface area (Å²) in [5.74, 6) is -0.646. The predicted molar refractivity (Wildman–Crippen MR) is 138 cm³/mol. The molecule has 2 aromatic rings. The molecule has 1 unspecified atom stereocenters. The number of benzene rings is 2. The molecule has 0 aliphatic heterocycles. The summed E-state index contributed by atoms with van der Waals surface area (Å²) in [7, 11) is -3.78. The first-order chi connectivity index (χ1) is 15.8. The second-order valence-electron chi connectivity index (χ2n) is 8.68. The molecule has 34 heavy (non-hydrogen) atoms. The Morgan fingerprint density at radius 3 is 2.29 bits per heavy atom. The van der Waals surface area contributed by atoms with Crippen molar-refractivity contribution in [3.63, 3.8) is 0 Å². The Kier molecular flexibility index (Phi) is 9.79. The molecule has 1 N–H and O–H groups in total. The van der Waals surface area contributed by atoms with E-state index in [1.165, 1.54) is 4.90 Å². The van der Waals surface area contributed by atoms with Gasteiger partial charge < -0.3 is 10.2 Å². The van der Waals surface area contributed by atoms with Crippen LogP contribution >= 0.6 is 23.2 Å². The van der Waals surface area contributed by atoms with Gasteiger partial charge in [0.25, 0.3) is 0 Å². The zero-order chi connectivity index (χ0) is 25.6. The number of carbonyl (C=O) groups excluding carboxylic acids is 2. The van der Waals surface area contributed by atoms with Crippen LogP contribution in [0.1, 0.15) is 31.9 Å². The lowest BCUT2D eigenvalue weighted by molar-refractivity contribution is -0.139. The van der Waals surface area contributed by atoms with E-state index >= 15 is 0 Å². The lowest BCUT2D eigenvalue weighted by atomic mass is 10.1. The Morgan fingerprint density at radius 1 is 1.06 bits per heavy atom. The van der Waals surface area contributed by atoms with Crippen molar-refractivity contribution < 1.29 is 18.0 Å². The summed E-state index contributed by atoms with van der Waals surface area (Å²) >= 11 is 12.3. The smallest absolute Gasteiger partial charge is 0.244 e. The minimum atomic E-state index is -3.78. The first-order valence-electron chi connectivity index (χ1n) is 10.8. The fourth-order valence-corrected chi connectivity index (χ4v) is 4.57. The summed E-state index contributed by atoms with van der Waals surface area (Å²) in [6, 6.07) is 10.9. The van der Waals surface area contributed by atoms with Gasteiger partial charge in [0.2, 0.25) is 21.8 Å². The number of anilines is 1. The third-order valence-corrected chi connectivity index (χ3v) is 6.90. The maximum Gasteiger partial charge on any atom is 0.244 e. The molecule has 0 aliphatic rings. The van der Waals surface area contributed by atoms with Gasteiger partial charge in [-0.3, -0.25) is 13.9 Å². The highest BCUT2D eigenvalue weighted by molar-refractivity contribution is 7.92. The van der Waals surface area contributed by atoms with Crippen molar-refractivity contribution in [1.82, 2.24) is 10.2 Å². The van der Waals surface area contributed by atoms with Crippen molar-refractivity contribution in [2.75, 3.05) is 23.7 Å². The molecule has 0 aliphatic carbocycles. The average molecular weight is 529 g/mol. The molecule has 0 fully saturated rings. The molecule has 2 aromatic carbocycles. The van der Waals surface area contributed by atoms with Gasteiger partial charge in [0.1, 0.15) is 12.6 Å². The fourth-order valence-electron chi connectivity index (χ4n) is 3.27. The van der Waals surface area contributed by atoms with Gasteiger partial charge in [-0.05, 0) is 55.2 Å². The van der Waals surface area contributed by atoms with Gasteiger partial charge in [-0.25, -0.2) is 8.42 Å². The molecular weight excluding hydrogens is 497 g/mol. The molecule has 2 amide bonds. The highest BCUT2D eigenvalue weighted by Crippen LogP contribution is 2.24. The third-order valence-electron chi connectivity index (χ3n) is 5.18. The van der Waals surface area contributed by atoms with E-state index in [9.17, 15) is 18.0 Å². The molecule has 2 rings (SSSR count). The second kappa shape index (κ2) is 11.9. The molecule has 0 heterocycles. The maximum absolute atomic E-state index is 13.5. The van der Waals surface area contributed by atoms with Gasteiger partial charge in [-0.15, -0.1) is 0 Å². The van der Waals surface area contributed by atoms with Gasteiger partial charge in [-0.2, -0.15) is 0 Å². The first kappa shape index (κ1) is 28.0. The largest absolute Gasteiger partial charge is 0.354 e. The quantitative estimate of drug-likeness (QED) is 0.500. The number of aryl methyl sites for hydroxylation is 1. The number of hydrogen-bond acceptors (Lipinski definition) is 4. The summed E-state index contributed by atoms with van der Waals surface area (Å²) in [5, 5.41) is 3.62. The van der Waals surface area contributed by atoms with Gasteiger partial charge in [-0.1, -0.05) is 55.2 Å². The van der Waals surface area contributed by atoms with Crippen molar-refractivity contribution in [2.45, 2.75) is 40.3 Å². The van der Waals surface area contributed by atoms with Crippen LogP contribution in [0.15, 0.2) is 42.5 Å². The van der Waals surface area contributed by atoms with Gasteiger partial charge >= 0.3 is 0 Å². The number of rotatable bonds is 10. The normalized spacial score (nSPS) is 12.4. The van der Waals surface area contributed by atoms with Crippen LogP contribution in [0, 0.1) is 12.8 Å². The van der Waals surface area contributed by atoms with Crippen LogP contribution in [0.5, 0.6) is 0 Å². The molecule has 0 radical (unpaired) electrons. The van der Waals surface area contributed by atoms with Gasteiger partial charge in [0, 0.05) is 23.1 Å². The van der Waals surface area contributed by atoms with Crippen LogP contribution in [0.25, 0.3) is 0 Å². The highest BCUT2D eigenvalue weighted by Gasteiger charge is 2.30. The number of hydrogen-bond donors (Lipinski definition) is 1. The Morgan fingerprint density at radius 2 is 1.74 bits per heavy atom. The van der Waals surface area contributed by atoms with Crippen molar-refractivity contribution >= 4 is 50.7 Å². The number of carbonyl (C=O) groups is 2. The van der Waals surface area contributed by atoms with E-state index < -0.39 is 28.5 Å². The molecule has 0 aromatic heterocycles. The van der Waals surface area contributed by atoms with Gasteiger partial charge in [0.15, 0.2) is 0 Å². The lowest BCUT2D eigenvalue weighted by Crippen LogP contribution is -2.51. The molecule has 10 heteroatoms. The van der Waals surface area contributed by atoms with E-state index in [2.05, 4.69) is 5.32 Å². The van der Waals surface area contributed by atoms with E-state index in [0.29, 0.717) is 27.8 Å². The molecular formula is C24H31Cl2N3O4S. The van der Waals surface area contributed by atoms with E-state index in [1.54, 1.807) is 43.3 Å². The standard InChI is InChI=1S/C24H31Cl2N3O4S/c1-16(2)13-27-24(31)18(4)28(14-19-9-10-20(25)12-22(19)26)23(30)15-29(34(5,32)33)21-8-6-7-17(3)11-21/h6-12,16,18H,13-15H2,1-5H3,(H,27,31). The van der Waals surface area contributed by atoms with Gasteiger partial charge in [0.05, 0.1) is 11.9 Å². The van der Waals surface area contributed by atoms with Crippen molar-refractivity contribution in [3.05, 3.63) is 63.6 Å². The van der Waals surface area contributed by atoms with Crippen LogP contribution in [-0.4, -0.2) is 50.5 Å². The molecule has 0 saturated heterocycles. The summed E-state index contributed by atoms with van der Waals surface area (Å²) < 4.78 is 26.2. The molecule has 7 nitrogen and oxygen atoms in total. The van der Waals surface area contributed by atoms with Crippen molar-refractivity contribution in [2.24, 2.45) is 5.92 Å². The average Bonchev–Trinajstić information content (AvgIpc) is 2.73. The zero-order valence-corrected chi connectivity index (χ0v) is 22.3. The summed E-state index contributed by atoms with van der Waals surface area (Å²) in [6.45, 7) is 7.37. The van der Waals surface area contributed by atoms with Crippen molar-refractivity contribution in [1.29, 1.82) is 0 Å². The maximum atomic E-state index is 13.5. The number of halogens is 2. The summed E-state index contributed by atoms with van der Waals surface area (Å²) in [6.07, 6.45) is 1.04. The number of nitrogens with one attached hydrogen (secondary N) is 1. The predicted octanol–water partition coefficient (Wildman–Crippen LogP) is 4.26. The van der Waals surface area contributed by atoms with Crippen LogP contribution in [-0.2, 0) is 26.2 Å². The topological polar surface area (TPSA) is 86.8 Å². The molecule has 0 saturated carbocycles. The SMILES string of the molecule is Cc1cccc(N(CC(=O)N(Cc2ccc(Cl)cc2Cl)C(C)C(=O)NCC(C)C)S(C)(=O)=O)c1. The second-order valence-corrected chi connectivity index (χ2v) is 11.4. The van der Waals surface area contributed by atoms with Crippen LogP contribution in [0.2, 0.25) is 10.0 Å². The summed E-state index contributed by atoms with van der Waals surface area (Å²) in [5.41, 5.74) is 1.81. The Hall–Kier alpha value is -2.29. The molecule has 186 valence electrons. The summed E-state index contributed by atoms with van der Waals surface area (Å²) in [4.78, 5) is 27.7. The van der Waals surface area contributed by atoms with E-state index in [4.69, 9.17) is 23.2 Å². The Balaban J connectivity index is 2.40. The fraction of sp³-hybridized carbons (Fsp3) is 0.417. The highest BCUT2D eigenvalue weighted by atomic mass is 35.5. The van der Waals surface area contributed by atoms with E-state index in [0.717, 1.165) is 16.1 Å². The Bertz CT molecular complexity index is 1140. The monoisotopic (exact) mass is 527 g/mol. The van der Waals surface area contributed by atoms with Crippen molar-refractivity contribution in [3.8, 4) is 0 Å². The number of amides is 2. The van der Waals surface area contributed by atoms with Crippen LogP contribution in [0.4, 0.5) is 5.69 Å². The lowest BCUT2D eigenvalue weighted by Gasteiger charge is -2.32. The number of nitrogens with zero attached hydrogens (tertiary/aromatic N) is 2. The van der Waals surface area contributed by atoms with Crippen LogP contribution < -0.4 is 9.62 Å². The molecule has 0 bridgehead atoms. The van der Waals surface area contributed by atoms with Crippen LogP contribution in [0.3, 0.4) is 0 Å². The molecule has 1 atom stereocenters.